The van der Waals surface area contributed by atoms with Crippen LogP contribution in [0, 0.1) is 80.3 Å². The van der Waals surface area contributed by atoms with Gasteiger partial charge in [0.2, 0.25) is 0 Å². The van der Waals surface area contributed by atoms with Gasteiger partial charge < -0.3 is 10.7 Å². The van der Waals surface area contributed by atoms with Crippen LogP contribution in [0.5, 0.6) is 0 Å². The molecule has 0 saturated carbocycles. The van der Waals surface area contributed by atoms with Crippen LogP contribution in [0.25, 0.3) is 5.32 Å². The third-order valence-electron chi connectivity index (χ3n) is 1.33. The van der Waals surface area contributed by atoms with Gasteiger partial charge in [-0.3, -0.25) is 0 Å². The van der Waals surface area contributed by atoms with Crippen LogP contribution >= 0.6 is 0 Å². The predicted octanol–water partition coefficient (Wildman–Crippen LogP) is 6.17. The van der Waals surface area contributed by atoms with Crippen LogP contribution in [0.4, 0.5) is 5.69 Å². The van der Waals surface area contributed by atoms with Crippen molar-refractivity contribution in [3.63, 3.8) is 0 Å². The van der Waals surface area contributed by atoms with Gasteiger partial charge in [0.25, 0.3) is 0 Å². The summed E-state index contributed by atoms with van der Waals surface area (Å²) < 4.78 is 0. The molecule has 0 bridgehead atoms. The standard InChI is InChI=1S/C9H11N2.6C2H3N.2Mo/c1-7-3-5-9(6-4-7)11-8(2)10;6*1-2-3;;/h3-6H,1-2H3,(H-,10,11);6*1H3;;/q-1;;;;;;;2*+2. The van der Waals surface area contributed by atoms with E-state index in [1.54, 1.807) is 43.3 Å². The Morgan fingerprint density at radius 3 is 1.00 bits per heavy atom. The van der Waals surface area contributed by atoms with Crippen molar-refractivity contribution in [2.24, 2.45) is 0 Å². The molecular weight excluding hydrogens is 556 g/mol. The summed E-state index contributed by atoms with van der Waals surface area (Å²) in [7, 11) is 0. The molecule has 0 unspecified atom stereocenters. The van der Waals surface area contributed by atoms with Crippen LogP contribution in [0.1, 0.15) is 54.0 Å². The molecule has 0 atom stereocenters. The van der Waals surface area contributed by atoms with E-state index >= 15 is 0 Å². The number of hydrogen-bond donors (Lipinski definition) is 1. The summed E-state index contributed by atoms with van der Waals surface area (Å²) >= 11 is 0. The van der Waals surface area contributed by atoms with E-state index in [0.717, 1.165) is 5.69 Å². The molecule has 31 heavy (non-hydrogen) atoms. The Morgan fingerprint density at radius 2 is 0.839 bits per heavy atom. The van der Waals surface area contributed by atoms with Crippen molar-refractivity contribution in [3.05, 3.63) is 35.1 Å². The average Bonchev–Trinajstić information content (AvgIpc) is 2.61. The number of rotatable bonds is 1. The minimum absolute atomic E-state index is 0. The van der Waals surface area contributed by atoms with Crippen LogP contribution in [0.2, 0.25) is 0 Å². The Morgan fingerprint density at radius 1 is 0.645 bits per heavy atom. The molecule has 1 rings (SSSR count). The number of amidine groups is 1. The van der Waals surface area contributed by atoms with Gasteiger partial charge in [0.15, 0.2) is 0 Å². The monoisotopic (exact) mass is 589 g/mol. The number of nitrogens with zero attached hydrogens (tertiary/aromatic N) is 7. The second-order valence-corrected chi connectivity index (χ2v) is 3.87. The number of benzene rings is 1. The largest absolute Gasteiger partial charge is 2.00 e. The van der Waals surface area contributed by atoms with E-state index < -0.39 is 0 Å². The van der Waals surface area contributed by atoms with Crippen molar-refractivity contribution < 1.29 is 42.1 Å². The first-order chi connectivity index (χ1) is 13.7. The molecule has 1 aromatic carbocycles. The average molecular weight is 585 g/mol. The summed E-state index contributed by atoms with van der Waals surface area (Å²) in [5.74, 6) is 0.342. The number of hydrogen-bond acceptors (Lipinski definition) is 7. The molecule has 0 amide bonds. The molecule has 162 valence electrons. The third-order valence-corrected chi connectivity index (χ3v) is 1.33. The SMILES string of the molecule is CC#N.CC#N.CC#N.CC#N.CC#N.CC#N.CC(=N)[N-]c1ccc(C)cc1.[Mo+2].[Mo+2]. The zero-order chi connectivity index (χ0) is 24.5. The van der Waals surface area contributed by atoms with Crippen molar-refractivity contribution in [3.8, 4) is 36.4 Å². The van der Waals surface area contributed by atoms with Crippen LogP contribution in [0.15, 0.2) is 24.3 Å². The van der Waals surface area contributed by atoms with Gasteiger partial charge in [-0.1, -0.05) is 35.7 Å². The molecule has 8 nitrogen and oxygen atoms in total. The summed E-state index contributed by atoms with van der Waals surface area (Å²) in [5, 5.41) is 55.0. The smallest absolute Gasteiger partial charge is 0.486 e. The Hall–Kier alpha value is -2.99. The van der Waals surface area contributed by atoms with Gasteiger partial charge in [-0.25, -0.2) is 0 Å². The summed E-state index contributed by atoms with van der Waals surface area (Å²) in [4.78, 5) is 0. The molecule has 0 aliphatic carbocycles. The maximum absolute atomic E-state index is 7.32. The fraction of sp³-hybridized carbons (Fsp3) is 0.381. The summed E-state index contributed by atoms with van der Waals surface area (Å²) in [6.07, 6.45) is 0. The van der Waals surface area contributed by atoms with Crippen LogP contribution < -0.4 is 0 Å². The van der Waals surface area contributed by atoms with Crippen molar-refractivity contribution in [1.29, 1.82) is 37.0 Å². The fourth-order valence-electron chi connectivity index (χ4n) is 0.813. The van der Waals surface area contributed by atoms with Crippen LogP contribution in [-0.2, 0) is 42.1 Å². The van der Waals surface area contributed by atoms with Crippen molar-refractivity contribution in [2.75, 3.05) is 0 Å². The Bertz CT molecular complexity index is 627. The Balaban J connectivity index is -0.0000000375. The second kappa shape index (κ2) is 63.2. The van der Waals surface area contributed by atoms with Gasteiger partial charge >= 0.3 is 42.1 Å². The molecular formula is C21H29Mo2N8+3. The molecule has 0 aromatic heterocycles. The molecule has 0 aliphatic heterocycles. The second-order valence-electron chi connectivity index (χ2n) is 3.87. The Kier molecular flexibility index (Phi) is 104. The molecule has 10 heteroatoms. The Labute approximate surface area is 216 Å². The normalized spacial score (nSPS) is 4.84. The van der Waals surface area contributed by atoms with Crippen molar-refractivity contribution in [1.82, 2.24) is 0 Å². The van der Waals surface area contributed by atoms with Gasteiger partial charge in [0, 0.05) is 41.5 Å². The molecule has 0 spiro atoms. The van der Waals surface area contributed by atoms with Gasteiger partial charge in [-0.15, -0.1) is 0 Å². The third kappa shape index (κ3) is 139. The van der Waals surface area contributed by atoms with Gasteiger partial charge in [-0.05, 0) is 19.5 Å². The molecule has 1 N–H and O–H groups in total. The van der Waals surface area contributed by atoms with E-state index in [1.807, 2.05) is 31.2 Å². The summed E-state index contributed by atoms with van der Waals surface area (Å²) in [6.45, 7) is 12.3. The van der Waals surface area contributed by atoms with E-state index in [4.69, 9.17) is 37.0 Å². The number of nitrogens with one attached hydrogen (secondary N) is 1. The first-order valence-electron chi connectivity index (χ1n) is 7.86. The van der Waals surface area contributed by atoms with Crippen molar-refractivity contribution >= 4 is 11.5 Å². The van der Waals surface area contributed by atoms with Crippen LogP contribution in [0.3, 0.4) is 0 Å². The van der Waals surface area contributed by atoms with Gasteiger partial charge in [-0.2, -0.15) is 31.6 Å². The molecule has 1 aromatic rings. The fourth-order valence-corrected chi connectivity index (χ4v) is 0.813. The maximum Gasteiger partial charge on any atom is 2.00 e. The molecule has 0 aliphatic rings. The predicted molar refractivity (Wildman–Crippen MR) is 115 cm³/mol. The molecule has 0 saturated heterocycles. The zero-order valence-corrected chi connectivity index (χ0v) is 23.3. The minimum atomic E-state index is 0. The zero-order valence-electron chi connectivity index (χ0n) is 19.3. The van der Waals surface area contributed by atoms with Crippen molar-refractivity contribution in [2.45, 2.75) is 55.4 Å². The van der Waals surface area contributed by atoms with E-state index in [-0.39, 0.29) is 42.1 Å². The molecule has 0 fully saturated rings. The molecule has 0 radical (unpaired) electrons. The first kappa shape index (κ1) is 51.0. The van der Waals surface area contributed by atoms with Gasteiger partial charge in [0.1, 0.15) is 0 Å². The summed E-state index contributed by atoms with van der Waals surface area (Å²) in [5.41, 5.74) is 2.06. The van der Waals surface area contributed by atoms with E-state index in [9.17, 15) is 0 Å². The maximum atomic E-state index is 7.32. The van der Waals surface area contributed by atoms with E-state index in [1.165, 1.54) is 47.1 Å². The van der Waals surface area contributed by atoms with Crippen LogP contribution in [-0.4, -0.2) is 5.84 Å². The first-order valence-corrected chi connectivity index (χ1v) is 7.86. The van der Waals surface area contributed by atoms with Gasteiger partial charge in [0.05, 0.1) is 36.4 Å². The minimum Gasteiger partial charge on any atom is -0.486 e. The molecule has 0 heterocycles. The topological polar surface area (TPSA) is 181 Å². The summed E-state index contributed by atoms with van der Waals surface area (Å²) in [6, 6.07) is 18.3. The van der Waals surface area contributed by atoms with E-state index in [2.05, 4.69) is 5.32 Å². The number of aryl methyl sites for hydroxylation is 1. The quantitative estimate of drug-likeness (QED) is 0.234. The number of nitriles is 6. The van der Waals surface area contributed by atoms with E-state index in [0.29, 0.717) is 5.84 Å².